The number of hydrogen-bond donors (Lipinski definition) is 1. The molecule has 4 heteroatoms. The van der Waals surface area contributed by atoms with Crippen LogP contribution in [0.2, 0.25) is 0 Å². The summed E-state index contributed by atoms with van der Waals surface area (Å²) in [5, 5.41) is 3.53. The predicted molar refractivity (Wildman–Crippen MR) is 75.1 cm³/mol. The first kappa shape index (κ1) is 17.8. The summed E-state index contributed by atoms with van der Waals surface area (Å²) in [6.07, 6.45) is 1.15. The van der Waals surface area contributed by atoms with Crippen molar-refractivity contribution in [3.05, 3.63) is 0 Å². The van der Waals surface area contributed by atoms with Gasteiger partial charge < -0.3 is 19.5 Å². The highest BCUT2D eigenvalue weighted by Crippen LogP contribution is 2.19. The first-order valence-electron chi connectivity index (χ1n) is 6.90. The highest BCUT2D eigenvalue weighted by Gasteiger charge is 2.23. The van der Waals surface area contributed by atoms with Crippen LogP contribution in [0.15, 0.2) is 0 Å². The fourth-order valence-corrected chi connectivity index (χ4v) is 1.50. The summed E-state index contributed by atoms with van der Waals surface area (Å²) in [6, 6.07) is 0.386. The Morgan fingerprint density at radius 1 is 1.00 bits per heavy atom. The molecule has 0 aromatic carbocycles. The number of nitrogens with one attached hydrogen (secondary N) is 1. The lowest BCUT2D eigenvalue weighted by Gasteiger charge is -2.31. The molecule has 0 spiro atoms. The van der Waals surface area contributed by atoms with Gasteiger partial charge in [-0.3, -0.25) is 0 Å². The molecule has 0 fully saturated rings. The Hall–Kier alpha value is -0.160. The summed E-state index contributed by atoms with van der Waals surface area (Å²) in [7, 11) is 1.67. The average molecular weight is 261 g/mol. The van der Waals surface area contributed by atoms with Crippen LogP contribution in [-0.2, 0) is 14.2 Å². The normalized spacial score (nSPS) is 13.8. The third-order valence-corrected chi connectivity index (χ3v) is 2.77. The molecule has 1 N–H and O–H groups in total. The minimum Gasteiger partial charge on any atom is -0.382 e. The Morgan fingerprint density at radius 3 is 2.17 bits per heavy atom. The van der Waals surface area contributed by atoms with Crippen molar-refractivity contribution in [2.45, 2.75) is 40.2 Å². The van der Waals surface area contributed by atoms with E-state index in [4.69, 9.17) is 14.2 Å². The van der Waals surface area contributed by atoms with Gasteiger partial charge in [0.05, 0.1) is 33.0 Å². The molecule has 0 aliphatic carbocycles. The van der Waals surface area contributed by atoms with Crippen LogP contribution in [0.5, 0.6) is 0 Å². The Morgan fingerprint density at radius 2 is 1.61 bits per heavy atom. The third-order valence-electron chi connectivity index (χ3n) is 2.77. The molecule has 1 atom stereocenters. The number of methoxy groups -OCH3 is 1. The van der Waals surface area contributed by atoms with Crippen molar-refractivity contribution in [2.24, 2.45) is 5.41 Å². The van der Waals surface area contributed by atoms with Gasteiger partial charge in [0.15, 0.2) is 0 Å². The van der Waals surface area contributed by atoms with Crippen molar-refractivity contribution in [3.63, 3.8) is 0 Å². The first-order valence-corrected chi connectivity index (χ1v) is 6.90. The van der Waals surface area contributed by atoms with Crippen molar-refractivity contribution < 1.29 is 14.2 Å². The molecule has 0 aliphatic rings. The standard InChI is InChI=1S/C14H31NO3/c1-6-7-15-13(14(2,3)4)12-18-11-10-17-9-8-16-5/h13,15H,6-12H2,1-5H3. The molecule has 0 saturated carbocycles. The van der Waals surface area contributed by atoms with E-state index < -0.39 is 0 Å². The van der Waals surface area contributed by atoms with Crippen LogP contribution in [0.1, 0.15) is 34.1 Å². The second kappa shape index (κ2) is 10.7. The summed E-state index contributed by atoms with van der Waals surface area (Å²) < 4.78 is 15.9. The molecule has 0 amide bonds. The zero-order chi connectivity index (χ0) is 13.9. The minimum absolute atomic E-state index is 0.214. The Kier molecular flexibility index (Phi) is 10.6. The van der Waals surface area contributed by atoms with Crippen LogP contribution in [0.25, 0.3) is 0 Å². The molecular weight excluding hydrogens is 230 g/mol. The molecule has 0 saturated heterocycles. The maximum Gasteiger partial charge on any atom is 0.0701 e. The van der Waals surface area contributed by atoms with Crippen molar-refractivity contribution in [1.82, 2.24) is 5.32 Å². The van der Waals surface area contributed by atoms with Gasteiger partial charge in [-0.25, -0.2) is 0 Å². The lowest BCUT2D eigenvalue weighted by Crippen LogP contribution is -2.44. The number of hydrogen-bond acceptors (Lipinski definition) is 4. The summed E-state index contributed by atoms with van der Waals surface area (Å²) in [4.78, 5) is 0. The van der Waals surface area contributed by atoms with Crippen LogP contribution in [0.4, 0.5) is 0 Å². The molecule has 0 aromatic heterocycles. The summed E-state index contributed by atoms with van der Waals surface area (Å²) in [6.45, 7) is 13.2. The van der Waals surface area contributed by atoms with Crippen LogP contribution in [-0.4, -0.2) is 52.7 Å². The zero-order valence-corrected chi connectivity index (χ0v) is 12.8. The summed E-state index contributed by atoms with van der Waals surface area (Å²) in [5.41, 5.74) is 0.214. The average Bonchev–Trinajstić information content (AvgIpc) is 2.30. The fourth-order valence-electron chi connectivity index (χ4n) is 1.50. The molecule has 0 aromatic rings. The van der Waals surface area contributed by atoms with E-state index in [0.717, 1.165) is 19.6 Å². The van der Waals surface area contributed by atoms with E-state index in [1.165, 1.54) is 0 Å². The Balaban J connectivity index is 3.63. The topological polar surface area (TPSA) is 39.7 Å². The van der Waals surface area contributed by atoms with Crippen molar-refractivity contribution in [1.29, 1.82) is 0 Å². The lowest BCUT2D eigenvalue weighted by atomic mass is 9.87. The van der Waals surface area contributed by atoms with E-state index in [1.54, 1.807) is 7.11 Å². The monoisotopic (exact) mass is 261 g/mol. The van der Waals surface area contributed by atoms with Crippen molar-refractivity contribution >= 4 is 0 Å². The van der Waals surface area contributed by atoms with Gasteiger partial charge in [-0.1, -0.05) is 27.7 Å². The zero-order valence-electron chi connectivity index (χ0n) is 12.8. The lowest BCUT2D eigenvalue weighted by molar-refractivity contribution is 0.0101. The van der Waals surface area contributed by atoms with Crippen LogP contribution in [0.3, 0.4) is 0 Å². The molecule has 0 aliphatic heterocycles. The Labute approximate surface area is 112 Å². The van der Waals surface area contributed by atoms with Crippen LogP contribution in [0, 0.1) is 5.41 Å². The van der Waals surface area contributed by atoms with Gasteiger partial charge in [-0.15, -0.1) is 0 Å². The largest absolute Gasteiger partial charge is 0.382 e. The van der Waals surface area contributed by atoms with Crippen LogP contribution >= 0.6 is 0 Å². The van der Waals surface area contributed by atoms with E-state index in [1.807, 2.05) is 0 Å². The SMILES string of the molecule is CCCNC(COCCOCCOC)C(C)(C)C. The minimum atomic E-state index is 0.214. The van der Waals surface area contributed by atoms with Gasteiger partial charge >= 0.3 is 0 Å². The molecule has 110 valence electrons. The second-order valence-electron chi connectivity index (χ2n) is 5.55. The summed E-state index contributed by atoms with van der Waals surface area (Å²) in [5.74, 6) is 0. The molecule has 1 unspecified atom stereocenters. The van der Waals surface area contributed by atoms with E-state index in [0.29, 0.717) is 32.5 Å². The van der Waals surface area contributed by atoms with Crippen LogP contribution < -0.4 is 5.32 Å². The highest BCUT2D eigenvalue weighted by atomic mass is 16.5. The molecular formula is C14H31NO3. The van der Waals surface area contributed by atoms with E-state index in [2.05, 4.69) is 33.0 Å². The number of ether oxygens (including phenoxy) is 3. The summed E-state index contributed by atoms with van der Waals surface area (Å²) >= 11 is 0. The maximum atomic E-state index is 5.67. The Bertz CT molecular complexity index is 180. The molecule has 4 nitrogen and oxygen atoms in total. The fraction of sp³-hybridized carbons (Fsp3) is 1.00. The van der Waals surface area contributed by atoms with E-state index in [-0.39, 0.29) is 5.41 Å². The van der Waals surface area contributed by atoms with Crippen molar-refractivity contribution in [2.75, 3.05) is 46.7 Å². The quantitative estimate of drug-likeness (QED) is 0.578. The van der Waals surface area contributed by atoms with E-state index >= 15 is 0 Å². The highest BCUT2D eigenvalue weighted by molar-refractivity contribution is 4.79. The molecule has 0 bridgehead atoms. The molecule has 0 radical (unpaired) electrons. The first-order chi connectivity index (χ1) is 8.52. The predicted octanol–water partition coefficient (Wildman–Crippen LogP) is 2.08. The third kappa shape index (κ3) is 9.83. The van der Waals surface area contributed by atoms with Gasteiger partial charge in [0, 0.05) is 13.2 Å². The van der Waals surface area contributed by atoms with E-state index in [9.17, 15) is 0 Å². The van der Waals surface area contributed by atoms with Gasteiger partial charge in [0.1, 0.15) is 0 Å². The van der Waals surface area contributed by atoms with Gasteiger partial charge in [0.25, 0.3) is 0 Å². The van der Waals surface area contributed by atoms with Gasteiger partial charge in [0.2, 0.25) is 0 Å². The molecule has 0 rings (SSSR count). The van der Waals surface area contributed by atoms with Crippen molar-refractivity contribution in [3.8, 4) is 0 Å². The molecule has 18 heavy (non-hydrogen) atoms. The second-order valence-corrected chi connectivity index (χ2v) is 5.55. The van der Waals surface area contributed by atoms with Gasteiger partial charge in [-0.05, 0) is 18.4 Å². The maximum absolute atomic E-state index is 5.67. The van der Waals surface area contributed by atoms with Gasteiger partial charge in [-0.2, -0.15) is 0 Å². The molecule has 0 heterocycles. The smallest absolute Gasteiger partial charge is 0.0701 e. The number of rotatable bonds is 11.